The zero-order chi connectivity index (χ0) is 11.4. The van der Waals surface area contributed by atoms with Crippen LogP contribution < -0.4 is 5.32 Å². The van der Waals surface area contributed by atoms with Crippen molar-refractivity contribution in [3.05, 3.63) is 36.1 Å². The van der Waals surface area contributed by atoms with Gasteiger partial charge in [-0.15, -0.1) is 0 Å². The van der Waals surface area contributed by atoms with E-state index < -0.39 is 0 Å². The van der Waals surface area contributed by atoms with Crippen molar-refractivity contribution in [1.29, 1.82) is 0 Å². The highest BCUT2D eigenvalue weighted by Crippen LogP contribution is 2.18. The molecule has 0 aliphatic heterocycles. The molecule has 0 radical (unpaired) electrons. The highest BCUT2D eigenvalue weighted by Gasteiger charge is 2.04. The number of ether oxygens (including phenoxy) is 1. The zero-order valence-electron chi connectivity index (χ0n) is 9.03. The first-order valence-corrected chi connectivity index (χ1v) is 5.04. The number of furan rings is 1. The minimum atomic E-state index is -0.281. The zero-order valence-corrected chi connectivity index (χ0v) is 9.03. The number of hydrogen-bond acceptors (Lipinski definition) is 4. The van der Waals surface area contributed by atoms with Crippen LogP contribution in [0.1, 0.15) is 5.76 Å². The van der Waals surface area contributed by atoms with Gasteiger partial charge in [-0.05, 0) is 12.1 Å². The Morgan fingerprint density at radius 2 is 2.25 bits per heavy atom. The van der Waals surface area contributed by atoms with Crippen LogP contribution in [0.4, 0.5) is 0 Å². The summed E-state index contributed by atoms with van der Waals surface area (Å²) in [5.74, 6) is 0.529. The van der Waals surface area contributed by atoms with Crippen molar-refractivity contribution in [2.24, 2.45) is 0 Å². The summed E-state index contributed by atoms with van der Waals surface area (Å²) in [6.07, 6.45) is 0. The SMILES string of the molecule is COC(=O)CNCc1cc2ccccc2o1. The van der Waals surface area contributed by atoms with Crippen molar-refractivity contribution in [1.82, 2.24) is 5.32 Å². The van der Waals surface area contributed by atoms with Crippen LogP contribution in [0.25, 0.3) is 11.0 Å². The summed E-state index contributed by atoms with van der Waals surface area (Å²) in [7, 11) is 1.37. The van der Waals surface area contributed by atoms with Gasteiger partial charge in [-0.2, -0.15) is 0 Å². The fourth-order valence-corrected chi connectivity index (χ4v) is 1.48. The van der Waals surface area contributed by atoms with E-state index in [1.54, 1.807) is 0 Å². The third kappa shape index (κ3) is 2.41. The van der Waals surface area contributed by atoms with Crippen molar-refractivity contribution >= 4 is 16.9 Å². The second-order valence-corrected chi connectivity index (χ2v) is 3.43. The molecule has 1 heterocycles. The van der Waals surface area contributed by atoms with Crippen LogP contribution in [-0.2, 0) is 16.1 Å². The van der Waals surface area contributed by atoms with E-state index in [-0.39, 0.29) is 12.5 Å². The van der Waals surface area contributed by atoms with E-state index in [0.717, 1.165) is 16.7 Å². The molecule has 2 aromatic rings. The Kier molecular flexibility index (Phi) is 3.22. The Hall–Kier alpha value is -1.81. The molecule has 0 atom stereocenters. The van der Waals surface area contributed by atoms with Crippen LogP contribution >= 0.6 is 0 Å². The lowest BCUT2D eigenvalue weighted by Gasteiger charge is -1.99. The minimum absolute atomic E-state index is 0.188. The number of carbonyl (C=O) groups excluding carboxylic acids is 1. The molecule has 4 heteroatoms. The Morgan fingerprint density at radius 3 is 3.00 bits per heavy atom. The van der Waals surface area contributed by atoms with Gasteiger partial charge in [0.25, 0.3) is 0 Å². The Morgan fingerprint density at radius 1 is 1.44 bits per heavy atom. The van der Waals surface area contributed by atoms with E-state index in [1.165, 1.54) is 7.11 Å². The van der Waals surface area contributed by atoms with Gasteiger partial charge in [0.05, 0.1) is 20.2 Å². The number of carbonyl (C=O) groups is 1. The van der Waals surface area contributed by atoms with Gasteiger partial charge in [-0.3, -0.25) is 10.1 Å². The van der Waals surface area contributed by atoms with Gasteiger partial charge >= 0.3 is 5.97 Å². The maximum Gasteiger partial charge on any atom is 0.319 e. The molecule has 1 aromatic heterocycles. The van der Waals surface area contributed by atoms with Crippen LogP contribution in [0.15, 0.2) is 34.7 Å². The molecule has 0 spiro atoms. The molecule has 1 N–H and O–H groups in total. The largest absolute Gasteiger partial charge is 0.468 e. The molecule has 0 aliphatic carbocycles. The summed E-state index contributed by atoms with van der Waals surface area (Å²) in [6, 6.07) is 9.75. The third-order valence-electron chi connectivity index (χ3n) is 2.27. The van der Waals surface area contributed by atoms with E-state index >= 15 is 0 Å². The van der Waals surface area contributed by atoms with Gasteiger partial charge in [0, 0.05) is 5.39 Å². The molecular formula is C12H13NO3. The van der Waals surface area contributed by atoms with Gasteiger partial charge in [-0.25, -0.2) is 0 Å². The lowest BCUT2D eigenvalue weighted by Crippen LogP contribution is -2.23. The van der Waals surface area contributed by atoms with Crippen molar-refractivity contribution < 1.29 is 13.9 Å². The number of hydrogen-bond donors (Lipinski definition) is 1. The summed E-state index contributed by atoms with van der Waals surface area (Å²) in [5, 5.41) is 4.01. The van der Waals surface area contributed by atoms with Crippen LogP contribution in [0.3, 0.4) is 0 Å². The Balaban J connectivity index is 1.97. The number of esters is 1. The van der Waals surface area contributed by atoms with Gasteiger partial charge in [0.1, 0.15) is 11.3 Å². The Bertz CT molecular complexity index is 457. The quantitative estimate of drug-likeness (QED) is 0.795. The lowest BCUT2D eigenvalue weighted by molar-refractivity contribution is -0.139. The first kappa shape index (κ1) is 10.7. The second kappa shape index (κ2) is 4.81. The lowest BCUT2D eigenvalue weighted by atomic mass is 10.2. The fraction of sp³-hybridized carbons (Fsp3) is 0.250. The molecule has 1 aromatic carbocycles. The van der Waals surface area contributed by atoms with Gasteiger partial charge in [0.2, 0.25) is 0 Å². The average Bonchev–Trinajstić information content (AvgIpc) is 2.71. The molecular weight excluding hydrogens is 206 g/mol. The van der Waals surface area contributed by atoms with Gasteiger partial charge in [0.15, 0.2) is 0 Å². The van der Waals surface area contributed by atoms with Crippen LogP contribution in [0, 0.1) is 0 Å². The highest BCUT2D eigenvalue weighted by atomic mass is 16.5. The number of fused-ring (bicyclic) bond motifs is 1. The van der Waals surface area contributed by atoms with E-state index in [0.29, 0.717) is 6.54 Å². The maximum absolute atomic E-state index is 10.9. The number of rotatable bonds is 4. The standard InChI is InChI=1S/C12H13NO3/c1-15-12(14)8-13-7-10-6-9-4-2-3-5-11(9)16-10/h2-6,13H,7-8H2,1H3. The fourth-order valence-electron chi connectivity index (χ4n) is 1.48. The Labute approximate surface area is 93.2 Å². The molecule has 0 fully saturated rings. The molecule has 84 valence electrons. The van der Waals surface area contributed by atoms with E-state index in [9.17, 15) is 4.79 Å². The molecule has 0 amide bonds. The molecule has 2 rings (SSSR count). The minimum Gasteiger partial charge on any atom is -0.468 e. The number of benzene rings is 1. The molecule has 16 heavy (non-hydrogen) atoms. The van der Waals surface area contributed by atoms with E-state index in [4.69, 9.17) is 4.42 Å². The summed E-state index contributed by atoms with van der Waals surface area (Å²) >= 11 is 0. The highest BCUT2D eigenvalue weighted by molar-refractivity contribution is 5.77. The van der Waals surface area contributed by atoms with Gasteiger partial charge in [-0.1, -0.05) is 18.2 Å². The van der Waals surface area contributed by atoms with Crippen LogP contribution in [-0.4, -0.2) is 19.6 Å². The normalized spacial score (nSPS) is 10.6. The number of nitrogens with one attached hydrogen (secondary N) is 1. The summed E-state index contributed by atoms with van der Waals surface area (Å²) in [4.78, 5) is 10.9. The molecule has 4 nitrogen and oxygen atoms in total. The number of methoxy groups -OCH3 is 1. The van der Waals surface area contributed by atoms with Crippen molar-refractivity contribution in [3.8, 4) is 0 Å². The molecule has 0 unspecified atom stereocenters. The number of para-hydroxylation sites is 1. The van der Waals surface area contributed by atoms with E-state index in [2.05, 4.69) is 10.1 Å². The van der Waals surface area contributed by atoms with Gasteiger partial charge < -0.3 is 9.15 Å². The third-order valence-corrected chi connectivity index (χ3v) is 2.27. The van der Waals surface area contributed by atoms with Crippen molar-refractivity contribution in [3.63, 3.8) is 0 Å². The molecule has 0 saturated carbocycles. The summed E-state index contributed by atoms with van der Waals surface area (Å²) in [5.41, 5.74) is 0.859. The van der Waals surface area contributed by atoms with Crippen LogP contribution in [0.2, 0.25) is 0 Å². The molecule has 0 aliphatic rings. The van der Waals surface area contributed by atoms with Crippen molar-refractivity contribution in [2.75, 3.05) is 13.7 Å². The second-order valence-electron chi connectivity index (χ2n) is 3.43. The molecule has 0 bridgehead atoms. The predicted molar refractivity (Wildman–Crippen MR) is 59.9 cm³/mol. The predicted octanol–water partition coefficient (Wildman–Crippen LogP) is 1.70. The average molecular weight is 219 g/mol. The topological polar surface area (TPSA) is 51.5 Å². The molecule has 0 saturated heterocycles. The monoisotopic (exact) mass is 219 g/mol. The smallest absolute Gasteiger partial charge is 0.319 e. The van der Waals surface area contributed by atoms with Crippen molar-refractivity contribution in [2.45, 2.75) is 6.54 Å². The first-order chi connectivity index (χ1) is 7.79. The summed E-state index contributed by atoms with van der Waals surface area (Å²) < 4.78 is 10.1. The van der Waals surface area contributed by atoms with E-state index in [1.807, 2.05) is 30.3 Å². The first-order valence-electron chi connectivity index (χ1n) is 5.04. The van der Waals surface area contributed by atoms with Crippen LogP contribution in [0.5, 0.6) is 0 Å². The maximum atomic E-state index is 10.9. The summed E-state index contributed by atoms with van der Waals surface area (Å²) in [6.45, 7) is 0.706.